The molecule has 1 fully saturated rings. The van der Waals surface area contributed by atoms with Crippen molar-refractivity contribution in [1.29, 1.82) is 0 Å². The molecule has 0 bridgehead atoms. The van der Waals surface area contributed by atoms with Crippen molar-refractivity contribution in [2.75, 3.05) is 13.1 Å². The van der Waals surface area contributed by atoms with E-state index >= 15 is 0 Å². The van der Waals surface area contributed by atoms with Gasteiger partial charge in [0, 0.05) is 28.8 Å². The van der Waals surface area contributed by atoms with E-state index in [0.717, 1.165) is 35.9 Å². The number of nitrogens with zero attached hydrogens (tertiary/aromatic N) is 2. The second-order valence-electron chi connectivity index (χ2n) is 5.88. The number of carbonyl (C=O) groups is 1. The highest BCUT2D eigenvalue weighted by atomic mass is 127. The number of non-ortho nitro benzene ring substituents is 1. The number of hydrogen-bond acceptors (Lipinski definition) is 3. The molecular formula is C15H19IN2O3. The van der Waals surface area contributed by atoms with Crippen LogP contribution in [0.3, 0.4) is 0 Å². The molecule has 0 aromatic heterocycles. The average Bonchev–Trinajstić information content (AvgIpc) is 2.47. The average molecular weight is 402 g/mol. The zero-order valence-corrected chi connectivity index (χ0v) is 14.4. The standard InChI is InChI=1S/C15H19IN2O3/c1-3-15(2)6-8-17(9-7-15)14(19)12-10-11(18(20)21)4-5-13(12)16/h4-5,10H,3,6-9H2,1-2H3. The Morgan fingerprint density at radius 1 is 1.43 bits per heavy atom. The number of likely N-dealkylation sites (tertiary alicyclic amines) is 1. The van der Waals surface area contributed by atoms with Crippen molar-refractivity contribution in [3.63, 3.8) is 0 Å². The molecule has 1 aliphatic heterocycles. The van der Waals surface area contributed by atoms with E-state index in [4.69, 9.17) is 0 Å². The van der Waals surface area contributed by atoms with Gasteiger partial charge in [-0.2, -0.15) is 0 Å². The fraction of sp³-hybridized carbons (Fsp3) is 0.533. The monoisotopic (exact) mass is 402 g/mol. The molecule has 1 aromatic carbocycles. The third kappa shape index (κ3) is 3.53. The lowest BCUT2D eigenvalue weighted by molar-refractivity contribution is -0.384. The van der Waals surface area contributed by atoms with Crippen LogP contribution in [0.4, 0.5) is 5.69 Å². The normalized spacial score (nSPS) is 17.6. The Labute approximate surface area is 138 Å². The number of benzene rings is 1. The second-order valence-corrected chi connectivity index (χ2v) is 7.04. The van der Waals surface area contributed by atoms with Crippen LogP contribution < -0.4 is 0 Å². The Balaban J connectivity index is 2.18. The largest absolute Gasteiger partial charge is 0.339 e. The first-order chi connectivity index (χ1) is 9.86. The summed E-state index contributed by atoms with van der Waals surface area (Å²) in [5, 5.41) is 10.9. The lowest BCUT2D eigenvalue weighted by Crippen LogP contribution is -2.42. The maximum absolute atomic E-state index is 12.6. The topological polar surface area (TPSA) is 63.5 Å². The van der Waals surface area contributed by atoms with E-state index in [0.29, 0.717) is 11.0 Å². The summed E-state index contributed by atoms with van der Waals surface area (Å²) in [6.45, 7) is 5.89. The Morgan fingerprint density at radius 2 is 2.05 bits per heavy atom. The predicted octanol–water partition coefficient (Wildman–Crippen LogP) is 3.85. The van der Waals surface area contributed by atoms with Crippen LogP contribution in [-0.2, 0) is 0 Å². The molecule has 1 heterocycles. The van der Waals surface area contributed by atoms with Crippen LogP contribution in [-0.4, -0.2) is 28.8 Å². The first-order valence-electron chi connectivity index (χ1n) is 7.09. The maximum Gasteiger partial charge on any atom is 0.270 e. The number of hydrogen-bond donors (Lipinski definition) is 0. The fourth-order valence-corrected chi connectivity index (χ4v) is 3.13. The van der Waals surface area contributed by atoms with E-state index in [-0.39, 0.29) is 11.6 Å². The zero-order chi connectivity index (χ0) is 15.6. The summed E-state index contributed by atoms with van der Waals surface area (Å²) in [4.78, 5) is 24.8. The number of amides is 1. The Hall–Kier alpha value is -1.18. The van der Waals surface area contributed by atoms with Gasteiger partial charge in [-0.3, -0.25) is 14.9 Å². The summed E-state index contributed by atoms with van der Waals surface area (Å²) in [5.74, 6) is -0.0961. The lowest BCUT2D eigenvalue weighted by atomic mass is 9.78. The number of rotatable bonds is 3. The van der Waals surface area contributed by atoms with E-state index in [1.54, 1.807) is 6.07 Å². The third-order valence-corrected chi connectivity index (χ3v) is 5.44. The summed E-state index contributed by atoms with van der Waals surface area (Å²) >= 11 is 2.06. The van der Waals surface area contributed by atoms with Gasteiger partial charge in [-0.05, 0) is 46.9 Å². The van der Waals surface area contributed by atoms with Crippen LogP contribution in [0.25, 0.3) is 0 Å². The van der Waals surface area contributed by atoms with E-state index < -0.39 is 4.92 Å². The number of piperidine rings is 1. The van der Waals surface area contributed by atoms with Gasteiger partial charge in [-0.25, -0.2) is 0 Å². The molecule has 6 heteroatoms. The molecule has 0 saturated carbocycles. The van der Waals surface area contributed by atoms with Crippen molar-refractivity contribution in [2.45, 2.75) is 33.1 Å². The molecule has 0 unspecified atom stereocenters. The number of nitro benzene ring substituents is 1. The van der Waals surface area contributed by atoms with Crippen molar-refractivity contribution >= 4 is 34.2 Å². The Bertz CT molecular complexity index is 566. The molecule has 114 valence electrons. The molecule has 1 amide bonds. The Morgan fingerprint density at radius 3 is 2.57 bits per heavy atom. The quantitative estimate of drug-likeness (QED) is 0.438. The van der Waals surface area contributed by atoms with Gasteiger partial charge in [0.1, 0.15) is 0 Å². The van der Waals surface area contributed by atoms with Crippen LogP contribution in [0.5, 0.6) is 0 Å². The SMILES string of the molecule is CCC1(C)CCN(C(=O)c2cc([N+](=O)[O-])ccc2I)CC1. The molecule has 21 heavy (non-hydrogen) atoms. The minimum absolute atomic E-state index is 0.0332. The molecule has 5 nitrogen and oxygen atoms in total. The third-order valence-electron chi connectivity index (χ3n) is 4.50. The fourth-order valence-electron chi connectivity index (χ4n) is 2.56. The molecule has 0 aliphatic carbocycles. The van der Waals surface area contributed by atoms with Gasteiger partial charge < -0.3 is 4.90 Å². The van der Waals surface area contributed by atoms with Gasteiger partial charge in [-0.15, -0.1) is 0 Å². The molecule has 0 atom stereocenters. The van der Waals surface area contributed by atoms with Gasteiger partial charge >= 0.3 is 0 Å². The van der Waals surface area contributed by atoms with Crippen LogP contribution in [0, 0.1) is 19.1 Å². The van der Waals surface area contributed by atoms with Crippen LogP contribution in [0.15, 0.2) is 18.2 Å². The summed E-state index contributed by atoms with van der Waals surface area (Å²) < 4.78 is 0.757. The smallest absolute Gasteiger partial charge is 0.270 e. The highest BCUT2D eigenvalue weighted by Crippen LogP contribution is 2.34. The highest BCUT2D eigenvalue weighted by Gasteiger charge is 2.31. The summed E-state index contributed by atoms with van der Waals surface area (Å²) in [5.41, 5.74) is 0.714. The van der Waals surface area contributed by atoms with E-state index in [1.165, 1.54) is 12.1 Å². The van der Waals surface area contributed by atoms with Gasteiger partial charge in [0.25, 0.3) is 11.6 Å². The first-order valence-corrected chi connectivity index (χ1v) is 8.17. The lowest BCUT2D eigenvalue weighted by Gasteiger charge is -2.39. The minimum atomic E-state index is -0.461. The molecule has 2 rings (SSSR count). The minimum Gasteiger partial charge on any atom is -0.339 e. The van der Waals surface area contributed by atoms with Crippen LogP contribution in [0.2, 0.25) is 0 Å². The van der Waals surface area contributed by atoms with Gasteiger partial charge in [0.2, 0.25) is 0 Å². The van der Waals surface area contributed by atoms with Gasteiger partial charge in [-0.1, -0.05) is 20.3 Å². The van der Waals surface area contributed by atoms with E-state index in [1.807, 2.05) is 4.90 Å². The van der Waals surface area contributed by atoms with Crippen LogP contribution >= 0.6 is 22.6 Å². The molecule has 1 aliphatic rings. The van der Waals surface area contributed by atoms with Crippen molar-refractivity contribution in [1.82, 2.24) is 4.90 Å². The second kappa shape index (κ2) is 6.29. The highest BCUT2D eigenvalue weighted by molar-refractivity contribution is 14.1. The molecule has 0 radical (unpaired) electrons. The van der Waals surface area contributed by atoms with Crippen LogP contribution in [0.1, 0.15) is 43.5 Å². The number of nitro groups is 1. The summed E-state index contributed by atoms with van der Waals surface area (Å²) in [7, 11) is 0. The van der Waals surface area contributed by atoms with Gasteiger partial charge in [0.05, 0.1) is 10.5 Å². The van der Waals surface area contributed by atoms with Crippen molar-refractivity contribution in [3.05, 3.63) is 37.4 Å². The summed E-state index contributed by atoms with van der Waals surface area (Å²) in [6, 6.07) is 4.45. The first kappa shape index (κ1) is 16.2. The van der Waals surface area contributed by atoms with Crippen molar-refractivity contribution < 1.29 is 9.72 Å². The molecule has 1 saturated heterocycles. The molecule has 0 N–H and O–H groups in total. The number of halogens is 1. The molecular weight excluding hydrogens is 383 g/mol. The maximum atomic E-state index is 12.6. The Kier molecular flexibility index (Phi) is 4.85. The van der Waals surface area contributed by atoms with E-state index in [9.17, 15) is 14.9 Å². The molecule has 1 aromatic rings. The van der Waals surface area contributed by atoms with Crippen molar-refractivity contribution in [3.8, 4) is 0 Å². The van der Waals surface area contributed by atoms with E-state index in [2.05, 4.69) is 36.4 Å². The predicted molar refractivity (Wildman–Crippen MR) is 89.3 cm³/mol. The zero-order valence-electron chi connectivity index (χ0n) is 12.3. The summed E-state index contributed by atoms with van der Waals surface area (Å²) in [6.07, 6.45) is 3.09. The molecule has 0 spiro atoms. The van der Waals surface area contributed by atoms with Crippen molar-refractivity contribution in [2.24, 2.45) is 5.41 Å². The number of carbonyl (C=O) groups excluding carboxylic acids is 1. The van der Waals surface area contributed by atoms with Gasteiger partial charge in [0.15, 0.2) is 0 Å².